The Labute approximate surface area is 175 Å². The van der Waals surface area contributed by atoms with E-state index in [1.807, 2.05) is 32.0 Å². The monoisotopic (exact) mass is 406 g/mol. The molecular formula is C24H26N2O4. The second-order valence-corrected chi connectivity index (χ2v) is 8.23. The van der Waals surface area contributed by atoms with Crippen LogP contribution in [0.15, 0.2) is 59.5 Å². The highest BCUT2D eigenvalue weighted by atomic mass is 16.5. The Kier molecular flexibility index (Phi) is 5.35. The molecule has 4 rings (SSSR count). The molecule has 1 unspecified atom stereocenters. The Morgan fingerprint density at radius 1 is 1.13 bits per heavy atom. The fraction of sp³-hybridized carbons (Fsp3) is 0.333. The van der Waals surface area contributed by atoms with Gasteiger partial charge in [0.25, 0.3) is 11.5 Å². The Morgan fingerprint density at radius 2 is 1.83 bits per heavy atom. The Bertz CT molecular complexity index is 1130. The Hall–Kier alpha value is -3.12. The summed E-state index contributed by atoms with van der Waals surface area (Å²) in [6.45, 7) is 4.68. The van der Waals surface area contributed by atoms with E-state index in [9.17, 15) is 9.59 Å². The summed E-state index contributed by atoms with van der Waals surface area (Å²) < 4.78 is 12.5. The lowest BCUT2D eigenvalue weighted by Gasteiger charge is -2.35. The van der Waals surface area contributed by atoms with E-state index in [1.54, 1.807) is 43.6 Å². The van der Waals surface area contributed by atoms with E-state index in [0.717, 1.165) is 12.8 Å². The second kappa shape index (κ2) is 7.95. The molecule has 0 bridgehead atoms. The first kappa shape index (κ1) is 20.2. The smallest absolute Gasteiger partial charge is 0.262 e. The first-order valence-corrected chi connectivity index (χ1v) is 10.1. The number of hydrogen-bond donors (Lipinski definition) is 1. The van der Waals surface area contributed by atoms with Gasteiger partial charge in [-0.15, -0.1) is 0 Å². The normalized spacial score (nSPS) is 18.2. The molecule has 1 aliphatic heterocycles. The molecule has 2 aromatic carbocycles. The molecule has 30 heavy (non-hydrogen) atoms. The maximum atomic E-state index is 13.2. The first-order chi connectivity index (χ1) is 14.4. The van der Waals surface area contributed by atoms with Crippen molar-refractivity contribution in [1.29, 1.82) is 0 Å². The summed E-state index contributed by atoms with van der Waals surface area (Å²) in [5.74, 6) is 0.517. The molecule has 1 aliphatic rings. The van der Waals surface area contributed by atoms with Gasteiger partial charge in [0.1, 0.15) is 5.75 Å². The van der Waals surface area contributed by atoms with Gasteiger partial charge in [-0.05, 0) is 57.0 Å². The van der Waals surface area contributed by atoms with Crippen LogP contribution in [0.5, 0.6) is 5.75 Å². The number of carbonyl (C=O) groups is 1. The summed E-state index contributed by atoms with van der Waals surface area (Å²) in [6.07, 6.45) is 3.15. The minimum atomic E-state index is -0.264. The zero-order chi connectivity index (χ0) is 21.3. The van der Waals surface area contributed by atoms with Crippen LogP contribution in [-0.4, -0.2) is 35.8 Å². The summed E-state index contributed by atoms with van der Waals surface area (Å²) in [6, 6.07) is 14.4. The van der Waals surface area contributed by atoms with E-state index in [4.69, 9.17) is 9.47 Å². The quantitative estimate of drug-likeness (QED) is 0.718. The van der Waals surface area contributed by atoms with E-state index in [2.05, 4.69) is 5.32 Å². The van der Waals surface area contributed by atoms with Crippen LogP contribution in [0.25, 0.3) is 16.5 Å². The highest BCUT2D eigenvalue weighted by Crippen LogP contribution is 2.25. The molecule has 0 saturated carbocycles. The predicted molar refractivity (Wildman–Crippen MR) is 117 cm³/mol. The molecule has 156 valence electrons. The number of benzene rings is 2. The number of carbonyl (C=O) groups excluding carboxylic acids is 1. The van der Waals surface area contributed by atoms with Crippen molar-refractivity contribution in [1.82, 2.24) is 9.88 Å². The van der Waals surface area contributed by atoms with Gasteiger partial charge < -0.3 is 14.8 Å². The lowest BCUT2D eigenvalue weighted by atomic mass is 9.93. The average molecular weight is 406 g/mol. The number of hydrogen-bond acceptors (Lipinski definition) is 4. The molecular weight excluding hydrogens is 380 g/mol. The largest absolute Gasteiger partial charge is 0.497 e. The van der Waals surface area contributed by atoms with Crippen molar-refractivity contribution in [3.63, 3.8) is 0 Å². The van der Waals surface area contributed by atoms with Crippen LogP contribution in [0.1, 0.15) is 37.0 Å². The molecule has 6 nitrogen and oxygen atoms in total. The Morgan fingerprint density at radius 3 is 2.50 bits per heavy atom. The molecule has 0 aliphatic carbocycles. The molecule has 1 atom stereocenters. The van der Waals surface area contributed by atoms with Crippen LogP contribution < -0.4 is 15.6 Å². The molecule has 0 radical (unpaired) electrons. The summed E-state index contributed by atoms with van der Waals surface area (Å²) in [5.41, 5.74) is 0.720. The van der Waals surface area contributed by atoms with Gasteiger partial charge in [0.15, 0.2) is 0 Å². The van der Waals surface area contributed by atoms with Crippen molar-refractivity contribution in [2.24, 2.45) is 0 Å². The minimum Gasteiger partial charge on any atom is -0.497 e. The molecule has 0 spiro atoms. The highest BCUT2D eigenvalue weighted by Gasteiger charge is 2.30. The van der Waals surface area contributed by atoms with Crippen molar-refractivity contribution >= 4 is 16.7 Å². The third-order valence-corrected chi connectivity index (χ3v) is 5.55. The second-order valence-electron chi connectivity index (χ2n) is 8.23. The van der Waals surface area contributed by atoms with Crippen LogP contribution >= 0.6 is 0 Å². The lowest BCUT2D eigenvalue weighted by molar-refractivity contribution is -0.0615. The topological polar surface area (TPSA) is 69.6 Å². The Balaban J connectivity index is 1.76. The molecule has 1 aromatic heterocycles. The molecule has 1 saturated heterocycles. The molecule has 1 N–H and O–H groups in total. The van der Waals surface area contributed by atoms with E-state index >= 15 is 0 Å². The fourth-order valence-corrected chi connectivity index (χ4v) is 4.03. The molecule has 1 amide bonds. The molecule has 3 aromatic rings. The summed E-state index contributed by atoms with van der Waals surface area (Å²) >= 11 is 0. The van der Waals surface area contributed by atoms with Gasteiger partial charge >= 0.3 is 0 Å². The maximum absolute atomic E-state index is 13.2. The molecule has 2 heterocycles. The number of fused-ring (bicyclic) bond motifs is 1. The van der Waals surface area contributed by atoms with E-state index in [0.29, 0.717) is 34.4 Å². The van der Waals surface area contributed by atoms with Crippen LogP contribution in [0, 0.1) is 0 Å². The zero-order valence-electron chi connectivity index (χ0n) is 17.5. The fourth-order valence-electron chi connectivity index (χ4n) is 4.03. The maximum Gasteiger partial charge on any atom is 0.262 e. The van der Waals surface area contributed by atoms with Crippen molar-refractivity contribution in [2.45, 2.75) is 38.3 Å². The number of ether oxygens (including phenoxy) is 2. The van der Waals surface area contributed by atoms with Crippen LogP contribution in [0.3, 0.4) is 0 Å². The SMILES string of the molecule is COc1ccc(-n2cc(C(=O)NC3CCOC(C)(C)C3)c3ccccc3c2=O)cc1. The molecule has 1 fully saturated rings. The van der Waals surface area contributed by atoms with Crippen molar-refractivity contribution in [3.8, 4) is 11.4 Å². The van der Waals surface area contributed by atoms with Crippen LogP contribution in [-0.2, 0) is 4.74 Å². The first-order valence-electron chi connectivity index (χ1n) is 10.1. The third kappa shape index (κ3) is 3.96. The lowest BCUT2D eigenvalue weighted by Crippen LogP contribution is -2.46. The van der Waals surface area contributed by atoms with Gasteiger partial charge in [-0.3, -0.25) is 14.2 Å². The number of rotatable bonds is 4. The average Bonchev–Trinajstić information content (AvgIpc) is 2.73. The number of pyridine rings is 1. The number of nitrogens with one attached hydrogen (secondary N) is 1. The minimum absolute atomic E-state index is 0.0291. The molecule has 6 heteroatoms. The van der Waals surface area contributed by atoms with E-state index < -0.39 is 0 Å². The van der Waals surface area contributed by atoms with Crippen molar-refractivity contribution in [2.75, 3.05) is 13.7 Å². The third-order valence-electron chi connectivity index (χ3n) is 5.55. The summed E-state index contributed by atoms with van der Waals surface area (Å²) in [7, 11) is 1.59. The number of aromatic nitrogens is 1. The van der Waals surface area contributed by atoms with Gasteiger partial charge in [-0.1, -0.05) is 18.2 Å². The van der Waals surface area contributed by atoms with Crippen LogP contribution in [0.2, 0.25) is 0 Å². The highest BCUT2D eigenvalue weighted by molar-refractivity contribution is 6.06. The number of nitrogens with zero attached hydrogens (tertiary/aromatic N) is 1. The standard InChI is InChI=1S/C24H26N2O4/c1-24(2)14-16(12-13-30-24)25-22(27)21-15-26(17-8-10-18(29-3)11-9-17)23(28)20-7-5-4-6-19(20)21/h4-11,15-16H,12-14H2,1-3H3,(H,25,27). The predicted octanol–water partition coefficient (Wildman–Crippen LogP) is 3.69. The summed E-state index contributed by atoms with van der Waals surface area (Å²) in [5, 5.41) is 4.30. The van der Waals surface area contributed by atoms with Gasteiger partial charge in [0, 0.05) is 35.3 Å². The summed E-state index contributed by atoms with van der Waals surface area (Å²) in [4.78, 5) is 26.4. The zero-order valence-corrected chi connectivity index (χ0v) is 17.5. The van der Waals surface area contributed by atoms with Crippen molar-refractivity contribution < 1.29 is 14.3 Å². The number of amides is 1. The van der Waals surface area contributed by atoms with E-state index in [-0.39, 0.29) is 23.1 Å². The number of methoxy groups -OCH3 is 1. The van der Waals surface area contributed by atoms with E-state index in [1.165, 1.54) is 4.57 Å². The van der Waals surface area contributed by atoms with Gasteiger partial charge in [0.2, 0.25) is 0 Å². The van der Waals surface area contributed by atoms with Gasteiger partial charge in [0.05, 0.1) is 18.3 Å². The van der Waals surface area contributed by atoms with Crippen molar-refractivity contribution in [3.05, 3.63) is 70.6 Å². The van der Waals surface area contributed by atoms with Gasteiger partial charge in [-0.2, -0.15) is 0 Å². The van der Waals surface area contributed by atoms with Crippen LogP contribution in [0.4, 0.5) is 0 Å². The van der Waals surface area contributed by atoms with Gasteiger partial charge in [-0.25, -0.2) is 0 Å².